The standard InChI is InChI=1S/C9H11NO3/c1-6-2-3-8(11)7(4-6)5-9(12)10-13/h2-4,11,13H,5H2,1H3,(H,10,12). The van der Waals surface area contributed by atoms with Gasteiger partial charge in [-0.25, -0.2) is 5.48 Å². The van der Waals surface area contributed by atoms with Crippen molar-refractivity contribution in [2.75, 3.05) is 0 Å². The van der Waals surface area contributed by atoms with E-state index in [1.54, 1.807) is 12.1 Å². The normalized spacial score (nSPS) is 9.69. The van der Waals surface area contributed by atoms with Crippen molar-refractivity contribution in [1.82, 2.24) is 5.48 Å². The lowest BCUT2D eigenvalue weighted by atomic mass is 10.1. The van der Waals surface area contributed by atoms with Gasteiger partial charge in [-0.1, -0.05) is 17.7 Å². The number of aryl methyl sites for hydroxylation is 1. The van der Waals surface area contributed by atoms with E-state index < -0.39 is 5.91 Å². The fourth-order valence-electron chi connectivity index (χ4n) is 1.07. The molecule has 0 atom stereocenters. The van der Waals surface area contributed by atoms with Crippen LogP contribution in [0.4, 0.5) is 0 Å². The largest absolute Gasteiger partial charge is 0.508 e. The maximum Gasteiger partial charge on any atom is 0.247 e. The zero-order chi connectivity index (χ0) is 9.84. The summed E-state index contributed by atoms with van der Waals surface area (Å²) in [7, 11) is 0. The van der Waals surface area contributed by atoms with Crippen LogP contribution in [0, 0.1) is 6.92 Å². The van der Waals surface area contributed by atoms with E-state index in [1.807, 2.05) is 6.92 Å². The highest BCUT2D eigenvalue weighted by atomic mass is 16.5. The fourth-order valence-corrected chi connectivity index (χ4v) is 1.07. The molecular weight excluding hydrogens is 170 g/mol. The molecule has 0 aliphatic carbocycles. The number of aromatic hydroxyl groups is 1. The molecule has 1 aromatic carbocycles. The summed E-state index contributed by atoms with van der Waals surface area (Å²) >= 11 is 0. The minimum absolute atomic E-state index is 0.0238. The Morgan fingerprint density at radius 3 is 2.85 bits per heavy atom. The minimum atomic E-state index is -0.541. The van der Waals surface area contributed by atoms with E-state index in [-0.39, 0.29) is 12.2 Å². The van der Waals surface area contributed by atoms with Crippen molar-refractivity contribution in [3.05, 3.63) is 29.3 Å². The Morgan fingerprint density at radius 2 is 2.23 bits per heavy atom. The van der Waals surface area contributed by atoms with E-state index in [1.165, 1.54) is 11.5 Å². The number of hydrogen-bond donors (Lipinski definition) is 3. The fraction of sp³-hybridized carbons (Fsp3) is 0.222. The Bertz CT molecular complexity index is 323. The molecule has 0 unspecified atom stereocenters. The molecule has 0 aliphatic rings. The number of carbonyl (C=O) groups is 1. The van der Waals surface area contributed by atoms with Gasteiger partial charge in [-0.2, -0.15) is 0 Å². The third kappa shape index (κ3) is 2.45. The Balaban J connectivity index is 2.87. The van der Waals surface area contributed by atoms with Crippen LogP contribution in [0.3, 0.4) is 0 Å². The maximum atomic E-state index is 10.8. The first kappa shape index (κ1) is 9.54. The number of hydroxylamine groups is 1. The van der Waals surface area contributed by atoms with Gasteiger partial charge < -0.3 is 5.11 Å². The molecule has 0 saturated heterocycles. The molecule has 13 heavy (non-hydrogen) atoms. The van der Waals surface area contributed by atoms with Gasteiger partial charge in [0.05, 0.1) is 6.42 Å². The monoisotopic (exact) mass is 181 g/mol. The van der Waals surface area contributed by atoms with E-state index in [2.05, 4.69) is 0 Å². The second-order valence-corrected chi connectivity index (χ2v) is 2.84. The number of phenols is 1. The van der Waals surface area contributed by atoms with Gasteiger partial charge in [-0.3, -0.25) is 10.0 Å². The minimum Gasteiger partial charge on any atom is -0.508 e. The summed E-state index contributed by atoms with van der Waals surface area (Å²) < 4.78 is 0. The first-order valence-electron chi connectivity index (χ1n) is 3.85. The number of carbonyl (C=O) groups excluding carboxylic acids is 1. The molecule has 4 nitrogen and oxygen atoms in total. The molecule has 1 aromatic rings. The summed E-state index contributed by atoms with van der Waals surface area (Å²) in [6.07, 6.45) is -0.0238. The number of nitrogens with one attached hydrogen (secondary N) is 1. The third-order valence-corrected chi connectivity index (χ3v) is 1.71. The molecule has 0 heterocycles. The van der Waals surface area contributed by atoms with Gasteiger partial charge in [0, 0.05) is 5.56 Å². The van der Waals surface area contributed by atoms with Crippen LogP contribution >= 0.6 is 0 Å². The smallest absolute Gasteiger partial charge is 0.247 e. The van der Waals surface area contributed by atoms with Gasteiger partial charge in [-0.05, 0) is 13.0 Å². The Morgan fingerprint density at radius 1 is 1.54 bits per heavy atom. The molecule has 1 rings (SSSR count). The topological polar surface area (TPSA) is 69.6 Å². The summed E-state index contributed by atoms with van der Waals surface area (Å²) in [6, 6.07) is 4.97. The molecule has 0 saturated carbocycles. The summed E-state index contributed by atoms with van der Waals surface area (Å²) in [5.74, 6) is -0.477. The number of phenolic OH excluding ortho intramolecular Hbond substituents is 1. The lowest BCUT2D eigenvalue weighted by Crippen LogP contribution is -2.20. The molecule has 3 N–H and O–H groups in total. The zero-order valence-corrected chi connectivity index (χ0v) is 7.24. The average Bonchev–Trinajstić information content (AvgIpc) is 2.11. The second kappa shape index (κ2) is 3.91. The van der Waals surface area contributed by atoms with Crippen LogP contribution < -0.4 is 5.48 Å². The van der Waals surface area contributed by atoms with Crippen LogP contribution in [-0.4, -0.2) is 16.2 Å². The number of rotatable bonds is 2. The number of hydrogen-bond acceptors (Lipinski definition) is 3. The van der Waals surface area contributed by atoms with Crippen molar-refractivity contribution in [3.8, 4) is 5.75 Å². The average molecular weight is 181 g/mol. The van der Waals surface area contributed by atoms with Gasteiger partial charge in [0.1, 0.15) is 5.75 Å². The molecule has 0 spiro atoms. The molecule has 1 amide bonds. The molecule has 0 fully saturated rings. The van der Waals surface area contributed by atoms with Crippen LogP contribution in [0.25, 0.3) is 0 Å². The molecule has 0 bridgehead atoms. The SMILES string of the molecule is Cc1ccc(O)c(CC(=O)NO)c1. The predicted octanol–water partition coefficient (Wildman–Crippen LogP) is 0.749. The summed E-state index contributed by atoms with van der Waals surface area (Å²) in [4.78, 5) is 10.8. The van der Waals surface area contributed by atoms with Gasteiger partial charge in [0.25, 0.3) is 0 Å². The third-order valence-electron chi connectivity index (χ3n) is 1.71. The first-order valence-corrected chi connectivity index (χ1v) is 3.85. The summed E-state index contributed by atoms with van der Waals surface area (Å²) in [5, 5.41) is 17.6. The quantitative estimate of drug-likeness (QED) is 0.465. The number of benzene rings is 1. The number of amides is 1. The molecule has 70 valence electrons. The molecule has 0 aromatic heterocycles. The lowest BCUT2D eigenvalue weighted by molar-refractivity contribution is -0.128. The van der Waals surface area contributed by atoms with E-state index >= 15 is 0 Å². The molecule has 4 heteroatoms. The van der Waals surface area contributed by atoms with Gasteiger partial charge in [0.2, 0.25) is 5.91 Å². The van der Waals surface area contributed by atoms with Gasteiger partial charge in [-0.15, -0.1) is 0 Å². The summed E-state index contributed by atoms with van der Waals surface area (Å²) in [6.45, 7) is 1.86. The Kier molecular flexibility index (Phi) is 2.87. The van der Waals surface area contributed by atoms with Crippen LogP contribution in [-0.2, 0) is 11.2 Å². The highest BCUT2D eigenvalue weighted by Gasteiger charge is 2.06. The van der Waals surface area contributed by atoms with Crippen molar-refractivity contribution in [2.45, 2.75) is 13.3 Å². The van der Waals surface area contributed by atoms with E-state index in [0.29, 0.717) is 5.56 Å². The lowest BCUT2D eigenvalue weighted by Gasteiger charge is -2.03. The van der Waals surface area contributed by atoms with E-state index in [4.69, 9.17) is 5.21 Å². The van der Waals surface area contributed by atoms with Crippen LogP contribution in [0.1, 0.15) is 11.1 Å². The first-order chi connectivity index (χ1) is 6.13. The molecule has 0 radical (unpaired) electrons. The highest BCUT2D eigenvalue weighted by Crippen LogP contribution is 2.18. The Labute approximate surface area is 75.8 Å². The van der Waals surface area contributed by atoms with Gasteiger partial charge in [0.15, 0.2) is 0 Å². The van der Waals surface area contributed by atoms with Crippen molar-refractivity contribution >= 4 is 5.91 Å². The maximum absolute atomic E-state index is 10.8. The van der Waals surface area contributed by atoms with Crippen molar-refractivity contribution < 1.29 is 15.1 Å². The predicted molar refractivity (Wildman–Crippen MR) is 46.5 cm³/mol. The second-order valence-electron chi connectivity index (χ2n) is 2.84. The van der Waals surface area contributed by atoms with Crippen molar-refractivity contribution in [2.24, 2.45) is 0 Å². The van der Waals surface area contributed by atoms with Crippen molar-refractivity contribution in [1.29, 1.82) is 0 Å². The van der Waals surface area contributed by atoms with Crippen molar-refractivity contribution in [3.63, 3.8) is 0 Å². The van der Waals surface area contributed by atoms with Crippen LogP contribution in [0.5, 0.6) is 5.75 Å². The highest BCUT2D eigenvalue weighted by molar-refractivity contribution is 5.78. The zero-order valence-electron chi connectivity index (χ0n) is 7.24. The van der Waals surface area contributed by atoms with Crippen LogP contribution in [0.2, 0.25) is 0 Å². The molecular formula is C9H11NO3. The van der Waals surface area contributed by atoms with Gasteiger partial charge >= 0.3 is 0 Å². The molecule has 0 aliphatic heterocycles. The van der Waals surface area contributed by atoms with Crippen LogP contribution in [0.15, 0.2) is 18.2 Å². The van der Waals surface area contributed by atoms with E-state index in [9.17, 15) is 9.90 Å². The Hall–Kier alpha value is -1.55. The summed E-state index contributed by atoms with van der Waals surface area (Å²) in [5.41, 5.74) is 2.97. The van der Waals surface area contributed by atoms with E-state index in [0.717, 1.165) is 5.56 Å².